The first kappa shape index (κ1) is 20.3. The highest BCUT2D eigenvalue weighted by Gasteiger charge is 2.38. The first-order chi connectivity index (χ1) is 14.6. The minimum Gasteiger partial charge on any atom is -0.494 e. The lowest BCUT2D eigenvalue weighted by Gasteiger charge is -2.20. The number of nitrogens with one attached hydrogen (secondary N) is 1. The van der Waals surface area contributed by atoms with E-state index in [1.165, 1.54) is 11.3 Å². The van der Waals surface area contributed by atoms with Gasteiger partial charge in [-0.3, -0.25) is 14.5 Å². The van der Waals surface area contributed by atoms with Gasteiger partial charge >= 0.3 is 0 Å². The molecule has 2 aromatic carbocycles. The molecule has 6 nitrogen and oxygen atoms in total. The zero-order valence-electron chi connectivity index (χ0n) is 17.1. The van der Waals surface area contributed by atoms with Crippen molar-refractivity contribution in [2.75, 3.05) is 18.1 Å². The number of ether oxygens (including phenoxy) is 1. The van der Waals surface area contributed by atoms with Gasteiger partial charge in [0, 0.05) is 18.9 Å². The lowest BCUT2D eigenvalue weighted by Crippen LogP contribution is -2.32. The first-order valence-corrected chi connectivity index (χ1v) is 11.1. The molecule has 156 valence electrons. The van der Waals surface area contributed by atoms with E-state index < -0.39 is 0 Å². The van der Waals surface area contributed by atoms with Gasteiger partial charge in [-0.25, -0.2) is 4.98 Å². The minimum absolute atomic E-state index is 0.0444. The standard InChI is InChI=1S/C23H25N3O3S/c1-3-29-17-10-8-16(9-11-17)26(23-25-19-6-4-5-7-20(19)30-23)21(27)12-13-24-22(28)18-14-15(18)2/h4-11,15,18H,3,12-14H2,1-2H3,(H,24,28). The maximum Gasteiger partial charge on any atom is 0.235 e. The number of benzene rings is 2. The Bertz CT molecular complexity index is 1010. The average Bonchev–Trinajstić information content (AvgIpc) is 3.32. The van der Waals surface area contributed by atoms with Crippen LogP contribution in [0.4, 0.5) is 10.8 Å². The quantitative estimate of drug-likeness (QED) is 0.578. The van der Waals surface area contributed by atoms with Crippen LogP contribution in [0.25, 0.3) is 10.2 Å². The third-order valence-electron chi connectivity index (χ3n) is 5.21. The molecular formula is C23H25N3O3S. The normalized spacial score (nSPS) is 17.5. The molecule has 2 unspecified atom stereocenters. The monoisotopic (exact) mass is 423 g/mol. The van der Waals surface area contributed by atoms with Crippen LogP contribution in [-0.2, 0) is 9.59 Å². The van der Waals surface area contributed by atoms with Crippen molar-refractivity contribution in [1.29, 1.82) is 0 Å². The summed E-state index contributed by atoms with van der Waals surface area (Å²) in [7, 11) is 0. The molecule has 1 aliphatic carbocycles. The van der Waals surface area contributed by atoms with Gasteiger partial charge in [0.2, 0.25) is 11.8 Å². The van der Waals surface area contributed by atoms with E-state index in [1.54, 1.807) is 4.90 Å². The topological polar surface area (TPSA) is 71.5 Å². The molecule has 1 aliphatic rings. The van der Waals surface area contributed by atoms with E-state index in [2.05, 4.69) is 17.2 Å². The zero-order chi connectivity index (χ0) is 21.1. The summed E-state index contributed by atoms with van der Waals surface area (Å²) in [5.41, 5.74) is 1.59. The number of anilines is 2. The van der Waals surface area contributed by atoms with Gasteiger partial charge in [0.1, 0.15) is 5.75 Å². The summed E-state index contributed by atoms with van der Waals surface area (Å²) in [6.07, 6.45) is 1.14. The summed E-state index contributed by atoms with van der Waals surface area (Å²) in [5.74, 6) is 1.24. The van der Waals surface area contributed by atoms with Crippen molar-refractivity contribution in [3.8, 4) is 5.75 Å². The minimum atomic E-state index is -0.109. The maximum atomic E-state index is 13.2. The van der Waals surface area contributed by atoms with E-state index >= 15 is 0 Å². The van der Waals surface area contributed by atoms with Crippen molar-refractivity contribution in [3.05, 3.63) is 48.5 Å². The van der Waals surface area contributed by atoms with Gasteiger partial charge in [0.15, 0.2) is 5.13 Å². The lowest BCUT2D eigenvalue weighted by atomic mass is 10.2. The predicted octanol–water partition coefficient (Wildman–Crippen LogP) is 4.52. The molecule has 0 spiro atoms. The second-order valence-corrected chi connectivity index (χ2v) is 8.49. The molecule has 1 heterocycles. The van der Waals surface area contributed by atoms with Gasteiger partial charge in [0.05, 0.1) is 22.5 Å². The number of nitrogens with zero attached hydrogens (tertiary/aromatic N) is 2. The zero-order valence-corrected chi connectivity index (χ0v) is 17.9. The smallest absolute Gasteiger partial charge is 0.235 e. The Labute approximate surface area is 179 Å². The second-order valence-electron chi connectivity index (χ2n) is 7.48. The van der Waals surface area contributed by atoms with Crippen LogP contribution < -0.4 is 15.0 Å². The molecular weight excluding hydrogens is 398 g/mol. The van der Waals surface area contributed by atoms with Crippen LogP contribution in [0.2, 0.25) is 0 Å². The van der Waals surface area contributed by atoms with E-state index in [0.717, 1.165) is 28.1 Å². The van der Waals surface area contributed by atoms with Crippen molar-refractivity contribution >= 4 is 44.2 Å². The highest BCUT2D eigenvalue weighted by molar-refractivity contribution is 7.22. The van der Waals surface area contributed by atoms with Gasteiger partial charge in [-0.05, 0) is 55.7 Å². The second kappa shape index (κ2) is 8.83. The van der Waals surface area contributed by atoms with E-state index in [4.69, 9.17) is 4.74 Å². The fourth-order valence-electron chi connectivity index (χ4n) is 3.40. The summed E-state index contributed by atoms with van der Waals surface area (Å²) >= 11 is 1.47. The van der Waals surface area contributed by atoms with Crippen LogP contribution in [0.15, 0.2) is 48.5 Å². The molecule has 1 N–H and O–H groups in total. The number of carbonyl (C=O) groups excluding carboxylic acids is 2. The number of thiazole rings is 1. The molecule has 0 saturated heterocycles. The van der Waals surface area contributed by atoms with Crippen LogP contribution in [0, 0.1) is 11.8 Å². The third kappa shape index (κ3) is 4.46. The van der Waals surface area contributed by atoms with Gasteiger partial charge in [-0.1, -0.05) is 30.4 Å². The predicted molar refractivity (Wildman–Crippen MR) is 119 cm³/mol. The number of hydrogen-bond donors (Lipinski definition) is 1. The van der Waals surface area contributed by atoms with Crippen molar-refractivity contribution in [2.24, 2.45) is 11.8 Å². The van der Waals surface area contributed by atoms with E-state index in [0.29, 0.717) is 24.2 Å². The lowest BCUT2D eigenvalue weighted by molar-refractivity contribution is -0.122. The number of carbonyl (C=O) groups is 2. The molecule has 1 fully saturated rings. The van der Waals surface area contributed by atoms with Gasteiger partial charge in [-0.15, -0.1) is 0 Å². The van der Waals surface area contributed by atoms with E-state index in [1.807, 2.05) is 55.5 Å². The fraction of sp³-hybridized carbons (Fsp3) is 0.348. The Morgan fingerprint density at radius 2 is 1.93 bits per heavy atom. The number of hydrogen-bond acceptors (Lipinski definition) is 5. The summed E-state index contributed by atoms with van der Waals surface area (Å²) in [6.45, 7) is 4.90. The molecule has 0 bridgehead atoms. The Morgan fingerprint density at radius 1 is 1.20 bits per heavy atom. The Morgan fingerprint density at radius 3 is 2.60 bits per heavy atom. The van der Waals surface area contributed by atoms with E-state index in [-0.39, 0.29) is 24.2 Å². The van der Waals surface area contributed by atoms with Crippen molar-refractivity contribution in [1.82, 2.24) is 10.3 Å². The molecule has 1 saturated carbocycles. The van der Waals surface area contributed by atoms with Gasteiger partial charge in [0.25, 0.3) is 0 Å². The van der Waals surface area contributed by atoms with E-state index in [9.17, 15) is 9.59 Å². The molecule has 0 radical (unpaired) electrons. The van der Waals surface area contributed by atoms with Crippen LogP contribution in [0.3, 0.4) is 0 Å². The summed E-state index contributed by atoms with van der Waals surface area (Å²) in [6, 6.07) is 15.2. The van der Waals surface area contributed by atoms with Crippen LogP contribution in [0.5, 0.6) is 5.75 Å². The van der Waals surface area contributed by atoms with Crippen LogP contribution in [-0.4, -0.2) is 29.9 Å². The molecule has 7 heteroatoms. The Hall–Kier alpha value is -2.93. The number of rotatable bonds is 8. The third-order valence-corrected chi connectivity index (χ3v) is 6.24. The molecule has 2 atom stereocenters. The molecule has 30 heavy (non-hydrogen) atoms. The average molecular weight is 424 g/mol. The Kier molecular flexibility index (Phi) is 5.99. The summed E-state index contributed by atoms with van der Waals surface area (Å²) < 4.78 is 6.54. The van der Waals surface area contributed by atoms with Gasteiger partial charge < -0.3 is 10.1 Å². The highest BCUT2D eigenvalue weighted by Crippen LogP contribution is 2.38. The number of aromatic nitrogens is 1. The molecule has 4 rings (SSSR count). The van der Waals surface area contributed by atoms with Crippen LogP contribution >= 0.6 is 11.3 Å². The Balaban J connectivity index is 1.54. The fourth-order valence-corrected chi connectivity index (χ4v) is 4.40. The van der Waals surface area contributed by atoms with Crippen molar-refractivity contribution in [3.63, 3.8) is 0 Å². The number of para-hydroxylation sites is 1. The largest absolute Gasteiger partial charge is 0.494 e. The molecule has 1 aromatic heterocycles. The van der Waals surface area contributed by atoms with Crippen molar-refractivity contribution < 1.29 is 14.3 Å². The number of amides is 2. The number of fused-ring (bicyclic) bond motifs is 1. The summed E-state index contributed by atoms with van der Waals surface area (Å²) in [4.78, 5) is 31.5. The van der Waals surface area contributed by atoms with Crippen LogP contribution in [0.1, 0.15) is 26.7 Å². The highest BCUT2D eigenvalue weighted by atomic mass is 32.1. The first-order valence-electron chi connectivity index (χ1n) is 10.3. The van der Waals surface area contributed by atoms with Gasteiger partial charge in [-0.2, -0.15) is 0 Å². The SMILES string of the molecule is CCOc1ccc(N(C(=O)CCNC(=O)C2CC2C)c2nc3ccccc3s2)cc1. The molecule has 0 aliphatic heterocycles. The summed E-state index contributed by atoms with van der Waals surface area (Å²) in [5, 5.41) is 3.51. The maximum absolute atomic E-state index is 13.2. The van der Waals surface area contributed by atoms with Crippen molar-refractivity contribution in [2.45, 2.75) is 26.7 Å². The molecule has 3 aromatic rings. The molecule has 2 amide bonds.